The molecule has 0 fully saturated rings. The third kappa shape index (κ3) is 2.15. The SMILES string of the molecule is NOC(=O)[C@H](N)CS. The maximum Gasteiger partial charge on any atom is 0.342 e. The van der Waals surface area contributed by atoms with Crippen molar-refractivity contribution in [3.05, 3.63) is 0 Å². The van der Waals surface area contributed by atoms with E-state index in [0.717, 1.165) is 0 Å². The van der Waals surface area contributed by atoms with Crippen molar-refractivity contribution >= 4 is 18.6 Å². The van der Waals surface area contributed by atoms with Crippen molar-refractivity contribution in [1.29, 1.82) is 0 Å². The predicted molar refractivity (Wildman–Crippen MR) is 32.1 cm³/mol. The fourth-order valence-electron chi connectivity index (χ4n) is 0.162. The van der Waals surface area contributed by atoms with Crippen molar-refractivity contribution < 1.29 is 9.63 Å². The molecule has 4 N–H and O–H groups in total. The summed E-state index contributed by atoms with van der Waals surface area (Å²) in [4.78, 5) is 14.0. The van der Waals surface area contributed by atoms with E-state index in [1.54, 1.807) is 0 Å². The molecule has 0 aliphatic carbocycles. The van der Waals surface area contributed by atoms with Crippen molar-refractivity contribution in [1.82, 2.24) is 0 Å². The third-order valence-electron chi connectivity index (χ3n) is 0.616. The van der Waals surface area contributed by atoms with Crippen LogP contribution in [0.3, 0.4) is 0 Å². The van der Waals surface area contributed by atoms with E-state index in [9.17, 15) is 4.79 Å². The first-order valence-corrected chi connectivity index (χ1v) is 2.62. The van der Waals surface area contributed by atoms with Crippen LogP contribution in [-0.4, -0.2) is 17.8 Å². The summed E-state index contributed by atoms with van der Waals surface area (Å²) in [5.74, 6) is 4.09. The Bertz CT molecular complexity index is 87.4. The number of hydrogen-bond acceptors (Lipinski definition) is 5. The highest BCUT2D eigenvalue weighted by molar-refractivity contribution is 7.80. The van der Waals surface area contributed by atoms with Gasteiger partial charge in [0.15, 0.2) is 0 Å². The molecular weight excluding hydrogens is 128 g/mol. The Hall–Kier alpha value is -0.260. The first kappa shape index (κ1) is 7.74. The molecule has 1 atom stereocenters. The van der Waals surface area contributed by atoms with Gasteiger partial charge in [-0.15, -0.1) is 0 Å². The molecule has 8 heavy (non-hydrogen) atoms. The maximum absolute atomic E-state index is 10.2. The van der Waals surface area contributed by atoms with E-state index < -0.39 is 12.0 Å². The minimum absolute atomic E-state index is 0.246. The molecule has 5 heteroatoms. The van der Waals surface area contributed by atoms with Gasteiger partial charge in [-0.3, -0.25) is 0 Å². The molecule has 0 heterocycles. The number of hydrogen-bond donors (Lipinski definition) is 3. The summed E-state index contributed by atoms with van der Waals surface area (Å²) in [6, 6.07) is -0.705. The Morgan fingerprint density at radius 2 is 2.38 bits per heavy atom. The zero-order valence-electron chi connectivity index (χ0n) is 4.20. The minimum Gasteiger partial charge on any atom is -0.372 e. The molecule has 0 amide bonds. The van der Waals surface area contributed by atoms with E-state index in [1.165, 1.54) is 0 Å². The summed E-state index contributed by atoms with van der Waals surface area (Å²) in [6.45, 7) is 0. The van der Waals surface area contributed by atoms with Crippen molar-refractivity contribution in [2.75, 3.05) is 5.75 Å². The molecule has 0 aliphatic rings. The summed E-state index contributed by atoms with van der Waals surface area (Å²) >= 11 is 3.73. The molecule has 0 aliphatic heterocycles. The van der Waals surface area contributed by atoms with E-state index in [2.05, 4.69) is 23.4 Å². The maximum atomic E-state index is 10.2. The van der Waals surface area contributed by atoms with Gasteiger partial charge in [-0.05, 0) is 0 Å². The van der Waals surface area contributed by atoms with Crippen LogP contribution in [0.25, 0.3) is 0 Å². The van der Waals surface area contributed by atoms with Gasteiger partial charge in [0.25, 0.3) is 0 Å². The van der Waals surface area contributed by atoms with Gasteiger partial charge < -0.3 is 10.6 Å². The highest BCUT2D eigenvalue weighted by atomic mass is 32.1. The van der Waals surface area contributed by atoms with E-state index in [1.807, 2.05) is 0 Å². The standard InChI is InChI=1S/C3H8N2O2S/c4-2(1-8)3(6)7-5/h2,8H,1,4-5H2/t2-/m1/s1. The second-order valence-electron chi connectivity index (χ2n) is 1.23. The molecule has 0 aromatic heterocycles. The van der Waals surface area contributed by atoms with Crippen LogP contribution in [0.15, 0.2) is 0 Å². The number of carbonyl (C=O) groups is 1. The minimum atomic E-state index is -0.705. The summed E-state index contributed by atoms with van der Waals surface area (Å²) in [5.41, 5.74) is 5.10. The molecule has 0 aromatic rings. The summed E-state index contributed by atoms with van der Waals surface area (Å²) in [7, 11) is 0. The predicted octanol–water partition coefficient (Wildman–Crippen LogP) is -1.34. The molecule has 4 nitrogen and oxygen atoms in total. The van der Waals surface area contributed by atoms with Gasteiger partial charge in [-0.2, -0.15) is 18.5 Å². The van der Waals surface area contributed by atoms with Crippen LogP contribution in [0.4, 0.5) is 0 Å². The smallest absolute Gasteiger partial charge is 0.342 e. The number of carbonyl (C=O) groups excluding carboxylic acids is 1. The highest BCUT2D eigenvalue weighted by Crippen LogP contribution is 1.83. The Labute approximate surface area is 52.5 Å². The van der Waals surface area contributed by atoms with Crippen LogP contribution < -0.4 is 11.6 Å². The first-order chi connectivity index (χ1) is 3.72. The molecule has 0 unspecified atom stereocenters. The van der Waals surface area contributed by atoms with Crippen LogP contribution in [0.1, 0.15) is 0 Å². The summed E-state index contributed by atoms with van der Waals surface area (Å²) in [5, 5.41) is 0. The quantitative estimate of drug-likeness (QED) is 0.324. The lowest BCUT2D eigenvalue weighted by Crippen LogP contribution is -2.35. The molecule has 0 spiro atoms. The monoisotopic (exact) mass is 136 g/mol. The molecule has 0 rings (SSSR count). The zero-order chi connectivity index (χ0) is 6.57. The van der Waals surface area contributed by atoms with Crippen molar-refractivity contribution in [2.45, 2.75) is 6.04 Å². The lowest BCUT2D eigenvalue weighted by atomic mass is 10.4. The van der Waals surface area contributed by atoms with Gasteiger partial charge >= 0.3 is 5.97 Å². The van der Waals surface area contributed by atoms with Gasteiger partial charge in [0, 0.05) is 5.75 Å². The fraction of sp³-hybridized carbons (Fsp3) is 0.667. The van der Waals surface area contributed by atoms with Crippen LogP contribution in [0.5, 0.6) is 0 Å². The van der Waals surface area contributed by atoms with Crippen LogP contribution in [0.2, 0.25) is 0 Å². The lowest BCUT2D eigenvalue weighted by Gasteiger charge is -2.01. The number of nitrogens with two attached hydrogens (primary N) is 2. The second kappa shape index (κ2) is 3.71. The van der Waals surface area contributed by atoms with Gasteiger partial charge in [0.1, 0.15) is 6.04 Å². The zero-order valence-corrected chi connectivity index (χ0v) is 5.10. The molecule has 0 bridgehead atoms. The average Bonchev–Trinajstić information content (AvgIpc) is 1.84. The number of thiol groups is 1. The molecule has 0 saturated carbocycles. The molecular formula is C3H8N2O2S. The van der Waals surface area contributed by atoms with E-state index in [0.29, 0.717) is 0 Å². The van der Waals surface area contributed by atoms with Crippen molar-refractivity contribution in [3.8, 4) is 0 Å². The van der Waals surface area contributed by atoms with Gasteiger partial charge in [-0.25, -0.2) is 4.79 Å². The molecule has 48 valence electrons. The van der Waals surface area contributed by atoms with Gasteiger partial charge in [0.05, 0.1) is 0 Å². The topological polar surface area (TPSA) is 78.3 Å². The van der Waals surface area contributed by atoms with Gasteiger partial charge in [-0.1, -0.05) is 0 Å². The normalized spacial score (nSPS) is 12.9. The second-order valence-corrected chi connectivity index (χ2v) is 1.59. The Morgan fingerprint density at radius 1 is 1.88 bits per heavy atom. The van der Waals surface area contributed by atoms with E-state index in [4.69, 9.17) is 5.73 Å². The highest BCUT2D eigenvalue weighted by Gasteiger charge is 2.10. The van der Waals surface area contributed by atoms with Crippen LogP contribution >= 0.6 is 12.6 Å². The summed E-state index contributed by atoms with van der Waals surface area (Å²) < 4.78 is 0. The van der Waals surface area contributed by atoms with Gasteiger partial charge in [0.2, 0.25) is 0 Å². The van der Waals surface area contributed by atoms with Crippen LogP contribution in [-0.2, 0) is 9.63 Å². The first-order valence-electron chi connectivity index (χ1n) is 1.99. The summed E-state index contributed by atoms with van der Waals surface area (Å²) in [6.07, 6.45) is 0. The average molecular weight is 136 g/mol. The number of rotatable bonds is 2. The molecule has 0 radical (unpaired) electrons. The molecule has 0 saturated heterocycles. The molecule has 0 aromatic carbocycles. The van der Waals surface area contributed by atoms with Crippen molar-refractivity contribution in [2.24, 2.45) is 11.6 Å². The Kier molecular flexibility index (Phi) is 3.59. The van der Waals surface area contributed by atoms with Crippen molar-refractivity contribution in [3.63, 3.8) is 0 Å². The largest absolute Gasteiger partial charge is 0.372 e. The van der Waals surface area contributed by atoms with Crippen LogP contribution in [0, 0.1) is 0 Å². The third-order valence-corrected chi connectivity index (χ3v) is 1.01. The Balaban J connectivity index is 3.46. The van der Waals surface area contributed by atoms with E-state index in [-0.39, 0.29) is 5.75 Å². The van der Waals surface area contributed by atoms with E-state index >= 15 is 0 Å². The fourth-order valence-corrected chi connectivity index (χ4v) is 0.311. The lowest BCUT2D eigenvalue weighted by molar-refractivity contribution is -0.145. The Morgan fingerprint density at radius 3 is 2.50 bits per heavy atom.